The lowest BCUT2D eigenvalue weighted by Crippen LogP contribution is -1.98. The average molecular weight is 243 g/mol. The number of hydrogen-bond acceptors (Lipinski definition) is 4. The fraction of sp³-hybridized carbons (Fsp3) is 0.0833. The van der Waals surface area contributed by atoms with Crippen LogP contribution in [0.5, 0.6) is 0 Å². The normalized spacial score (nSPS) is 11.2. The van der Waals surface area contributed by atoms with Crippen molar-refractivity contribution < 1.29 is 4.79 Å². The van der Waals surface area contributed by atoms with Gasteiger partial charge in [-0.15, -0.1) is 11.3 Å². The SMILES string of the molecule is Cn1cc(C=C(C#N)C(=O)c2cccs2)cn1. The van der Waals surface area contributed by atoms with Crippen molar-refractivity contribution in [2.45, 2.75) is 0 Å². The Bertz CT molecular complexity index is 602. The summed E-state index contributed by atoms with van der Waals surface area (Å²) in [5.74, 6) is -0.244. The van der Waals surface area contributed by atoms with Crippen LogP contribution in [0.4, 0.5) is 0 Å². The standard InChI is InChI=1S/C12H9N3OS/c1-15-8-9(7-14-15)5-10(6-13)12(16)11-3-2-4-17-11/h2-5,7-8H,1H3. The van der Waals surface area contributed by atoms with E-state index >= 15 is 0 Å². The van der Waals surface area contributed by atoms with E-state index in [-0.39, 0.29) is 11.4 Å². The second-order valence-electron chi connectivity index (χ2n) is 3.42. The molecule has 0 atom stereocenters. The van der Waals surface area contributed by atoms with Gasteiger partial charge in [0.25, 0.3) is 0 Å². The summed E-state index contributed by atoms with van der Waals surface area (Å²) in [5.41, 5.74) is 0.870. The summed E-state index contributed by atoms with van der Waals surface area (Å²) >= 11 is 1.33. The minimum Gasteiger partial charge on any atom is -0.287 e. The van der Waals surface area contributed by atoms with E-state index in [9.17, 15) is 4.79 Å². The highest BCUT2D eigenvalue weighted by molar-refractivity contribution is 7.12. The molecular formula is C12H9N3OS. The molecule has 0 aliphatic heterocycles. The lowest BCUT2D eigenvalue weighted by molar-refractivity contribution is 0.104. The number of carbonyl (C=O) groups excluding carboxylic acids is 1. The molecule has 0 radical (unpaired) electrons. The predicted molar refractivity (Wildman–Crippen MR) is 65.4 cm³/mol. The number of allylic oxidation sites excluding steroid dienone is 1. The monoisotopic (exact) mass is 243 g/mol. The fourth-order valence-corrected chi connectivity index (χ4v) is 2.05. The predicted octanol–water partition coefficient (Wildman–Crippen LogP) is 2.27. The number of ketones is 1. The third kappa shape index (κ3) is 2.49. The van der Waals surface area contributed by atoms with Gasteiger partial charge in [-0.25, -0.2) is 0 Å². The maximum atomic E-state index is 11.9. The average Bonchev–Trinajstić information content (AvgIpc) is 2.96. The quantitative estimate of drug-likeness (QED) is 0.472. The molecule has 4 nitrogen and oxygen atoms in total. The van der Waals surface area contributed by atoms with Crippen LogP contribution in [0.3, 0.4) is 0 Å². The second kappa shape index (κ2) is 4.76. The lowest BCUT2D eigenvalue weighted by Gasteiger charge is -1.93. The van der Waals surface area contributed by atoms with Crippen LogP contribution in [-0.2, 0) is 7.05 Å². The maximum absolute atomic E-state index is 11.9. The summed E-state index contributed by atoms with van der Waals surface area (Å²) in [5, 5.41) is 14.8. The molecule has 0 unspecified atom stereocenters. The van der Waals surface area contributed by atoms with Crippen molar-refractivity contribution in [3.05, 3.63) is 45.9 Å². The first-order valence-corrected chi connectivity index (χ1v) is 5.77. The zero-order chi connectivity index (χ0) is 12.3. The Hall–Kier alpha value is -2.19. The van der Waals surface area contributed by atoms with Crippen molar-refractivity contribution in [1.29, 1.82) is 5.26 Å². The Labute approximate surface area is 102 Å². The van der Waals surface area contributed by atoms with Gasteiger partial charge in [0.15, 0.2) is 0 Å². The topological polar surface area (TPSA) is 58.7 Å². The molecular weight excluding hydrogens is 234 g/mol. The molecule has 0 fully saturated rings. The van der Waals surface area contributed by atoms with Gasteiger partial charge in [0.1, 0.15) is 11.6 Å². The smallest absolute Gasteiger partial charge is 0.213 e. The van der Waals surface area contributed by atoms with Gasteiger partial charge in [-0.1, -0.05) is 6.07 Å². The number of nitriles is 1. The Kier molecular flexibility index (Phi) is 3.17. The number of aromatic nitrogens is 2. The molecule has 0 aliphatic carbocycles. The van der Waals surface area contributed by atoms with Crippen LogP contribution in [0.2, 0.25) is 0 Å². The number of aryl methyl sites for hydroxylation is 1. The summed E-state index contributed by atoms with van der Waals surface area (Å²) < 4.78 is 1.62. The van der Waals surface area contributed by atoms with Gasteiger partial charge in [0.05, 0.1) is 11.1 Å². The van der Waals surface area contributed by atoms with Crippen LogP contribution in [0, 0.1) is 11.3 Å². The Balaban J connectivity index is 2.32. The van der Waals surface area contributed by atoms with Gasteiger partial charge >= 0.3 is 0 Å². The van der Waals surface area contributed by atoms with Crippen LogP contribution in [0.1, 0.15) is 15.2 Å². The number of thiophene rings is 1. The molecule has 0 aromatic carbocycles. The first-order valence-electron chi connectivity index (χ1n) is 4.89. The molecule has 0 spiro atoms. The molecule has 17 heavy (non-hydrogen) atoms. The molecule has 0 amide bonds. The zero-order valence-corrected chi connectivity index (χ0v) is 9.94. The van der Waals surface area contributed by atoms with Crippen molar-refractivity contribution >= 4 is 23.2 Å². The Morgan fingerprint density at radius 2 is 2.47 bits per heavy atom. The molecule has 0 aliphatic rings. The molecule has 0 saturated heterocycles. The van der Waals surface area contributed by atoms with Gasteiger partial charge in [-0.2, -0.15) is 10.4 Å². The number of Topliss-reactive ketones (excluding diaryl/α,β-unsaturated/α-hetero) is 1. The third-order valence-corrected chi connectivity index (χ3v) is 3.01. The van der Waals surface area contributed by atoms with E-state index in [1.807, 2.05) is 11.4 Å². The van der Waals surface area contributed by atoms with Crippen molar-refractivity contribution in [2.24, 2.45) is 7.05 Å². The van der Waals surface area contributed by atoms with Gasteiger partial charge < -0.3 is 0 Å². The first kappa shape index (κ1) is 11.3. The van der Waals surface area contributed by atoms with Crippen LogP contribution in [0.15, 0.2) is 35.5 Å². The summed E-state index contributed by atoms with van der Waals surface area (Å²) in [7, 11) is 1.78. The lowest BCUT2D eigenvalue weighted by atomic mass is 10.1. The maximum Gasteiger partial charge on any atom is 0.213 e. The molecule has 2 heterocycles. The summed E-state index contributed by atoms with van der Waals surface area (Å²) in [6.07, 6.45) is 4.91. The van der Waals surface area contributed by atoms with Crippen LogP contribution in [0.25, 0.3) is 6.08 Å². The zero-order valence-electron chi connectivity index (χ0n) is 9.12. The third-order valence-electron chi connectivity index (χ3n) is 2.15. The van der Waals surface area contributed by atoms with Gasteiger partial charge in [-0.05, 0) is 17.5 Å². The molecule has 0 N–H and O–H groups in total. The molecule has 0 saturated carbocycles. The summed E-state index contributed by atoms with van der Waals surface area (Å²) in [4.78, 5) is 12.5. The van der Waals surface area contributed by atoms with E-state index in [1.54, 1.807) is 42.3 Å². The van der Waals surface area contributed by atoms with Crippen molar-refractivity contribution in [3.63, 3.8) is 0 Å². The van der Waals surface area contributed by atoms with Crippen molar-refractivity contribution in [1.82, 2.24) is 9.78 Å². The molecule has 5 heteroatoms. The minimum atomic E-state index is -0.244. The van der Waals surface area contributed by atoms with Gasteiger partial charge in [0, 0.05) is 18.8 Å². The summed E-state index contributed by atoms with van der Waals surface area (Å²) in [6, 6.07) is 5.43. The Morgan fingerprint density at radius 3 is 3.00 bits per heavy atom. The van der Waals surface area contributed by atoms with E-state index in [0.717, 1.165) is 5.56 Å². The van der Waals surface area contributed by atoms with E-state index in [0.29, 0.717) is 4.88 Å². The highest BCUT2D eigenvalue weighted by Gasteiger charge is 2.13. The van der Waals surface area contributed by atoms with Gasteiger partial charge in [-0.3, -0.25) is 9.48 Å². The van der Waals surface area contributed by atoms with Crippen LogP contribution < -0.4 is 0 Å². The highest BCUT2D eigenvalue weighted by atomic mass is 32.1. The van der Waals surface area contributed by atoms with Crippen LogP contribution >= 0.6 is 11.3 Å². The number of nitrogens with zero attached hydrogens (tertiary/aromatic N) is 3. The van der Waals surface area contributed by atoms with E-state index in [4.69, 9.17) is 5.26 Å². The first-order chi connectivity index (χ1) is 8.20. The molecule has 0 bridgehead atoms. The highest BCUT2D eigenvalue weighted by Crippen LogP contribution is 2.16. The second-order valence-corrected chi connectivity index (χ2v) is 4.37. The van der Waals surface area contributed by atoms with Gasteiger partial charge in [0.2, 0.25) is 5.78 Å². The van der Waals surface area contributed by atoms with E-state index in [1.165, 1.54) is 11.3 Å². The molecule has 84 valence electrons. The number of rotatable bonds is 3. The number of carbonyl (C=O) groups is 1. The fourth-order valence-electron chi connectivity index (χ4n) is 1.37. The van der Waals surface area contributed by atoms with Crippen LogP contribution in [-0.4, -0.2) is 15.6 Å². The largest absolute Gasteiger partial charge is 0.287 e. The Morgan fingerprint density at radius 1 is 1.65 bits per heavy atom. The minimum absolute atomic E-state index is 0.125. The van der Waals surface area contributed by atoms with Crippen molar-refractivity contribution in [3.8, 4) is 6.07 Å². The van der Waals surface area contributed by atoms with E-state index in [2.05, 4.69) is 5.10 Å². The van der Waals surface area contributed by atoms with E-state index < -0.39 is 0 Å². The molecule has 2 aromatic rings. The van der Waals surface area contributed by atoms with Crippen molar-refractivity contribution in [2.75, 3.05) is 0 Å². The summed E-state index contributed by atoms with van der Waals surface area (Å²) in [6.45, 7) is 0. The molecule has 2 rings (SSSR count). The number of hydrogen-bond donors (Lipinski definition) is 0. The molecule has 2 aromatic heterocycles.